The Bertz CT molecular complexity index is 589. The van der Waals surface area contributed by atoms with E-state index < -0.39 is 6.10 Å². The third kappa shape index (κ3) is 3.65. The van der Waals surface area contributed by atoms with Crippen molar-refractivity contribution in [3.63, 3.8) is 0 Å². The number of anilines is 1. The van der Waals surface area contributed by atoms with E-state index in [4.69, 9.17) is 15.2 Å². The molecule has 2 aromatic carbocycles. The molecule has 20 heavy (non-hydrogen) atoms. The van der Waals surface area contributed by atoms with Crippen molar-refractivity contribution in [1.82, 2.24) is 0 Å². The summed E-state index contributed by atoms with van der Waals surface area (Å²) in [5.41, 5.74) is 7.04. The number of aliphatic hydroxyl groups is 1. The maximum atomic E-state index is 10.1. The summed E-state index contributed by atoms with van der Waals surface area (Å²) in [5.74, 6) is 1.38. The number of nitrogen functional groups attached to an aromatic ring is 1. The van der Waals surface area contributed by atoms with Crippen LogP contribution in [-0.4, -0.2) is 18.8 Å². The molecule has 0 aliphatic rings. The van der Waals surface area contributed by atoms with Crippen molar-refractivity contribution >= 4 is 21.6 Å². The van der Waals surface area contributed by atoms with Crippen LogP contribution in [0.5, 0.6) is 11.5 Å². The summed E-state index contributed by atoms with van der Waals surface area (Å²) in [7, 11) is 1.60. The van der Waals surface area contributed by atoms with Gasteiger partial charge in [0, 0.05) is 5.69 Å². The molecule has 4 nitrogen and oxygen atoms in total. The van der Waals surface area contributed by atoms with E-state index in [9.17, 15) is 5.11 Å². The summed E-state index contributed by atoms with van der Waals surface area (Å²) in [4.78, 5) is 0. The van der Waals surface area contributed by atoms with Gasteiger partial charge in [-0.3, -0.25) is 0 Å². The summed E-state index contributed by atoms with van der Waals surface area (Å²) in [6.07, 6.45) is -0.729. The molecule has 0 amide bonds. The van der Waals surface area contributed by atoms with Gasteiger partial charge in [0.25, 0.3) is 0 Å². The predicted octanol–water partition coefficient (Wildman–Crippen LogP) is 3.15. The Morgan fingerprint density at radius 2 is 2.05 bits per heavy atom. The smallest absolute Gasteiger partial charge is 0.133 e. The largest absolute Gasteiger partial charge is 0.497 e. The summed E-state index contributed by atoms with van der Waals surface area (Å²) >= 11 is 3.40. The molecule has 1 unspecified atom stereocenters. The van der Waals surface area contributed by atoms with Crippen molar-refractivity contribution in [2.45, 2.75) is 6.10 Å². The average molecular weight is 338 g/mol. The molecule has 3 N–H and O–H groups in total. The Kier molecular flexibility index (Phi) is 4.87. The lowest BCUT2D eigenvalue weighted by molar-refractivity contribution is 0.108. The van der Waals surface area contributed by atoms with Crippen LogP contribution >= 0.6 is 15.9 Å². The van der Waals surface area contributed by atoms with Gasteiger partial charge in [0.15, 0.2) is 0 Å². The van der Waals surface area contributed by atoms with E-state index in [1.807, 2.05) is 12.1 Å². The van der Waals surface area contributed by atoms with Crippen molar-refractivity contribution in [2.24, 2.45) is 0 Å². The van der Waals surface area contributed by atoms with E-state index in [-0.39, 0.29) is 6.61 Å². The second-order valence-corrected chi connectivity index (χ2v) is 5.15. The molecule has 106 valence electrons. The molecule has 0 aliphatic carbocycles. The molecular formula is C15H16BrNO3. The number of hydrogen-bond donors (Lipinski definition) is 2. The topological polar surface area (TPSA) is 64.7 Å². The van der Waals surface area contributed by atoms with Crippen molar-refractivity contribution < 1.29 is 14.6 Å². The van der Waals surface area contributed by atoms with E-state index in [1.54, 1.807) is 37.4 Å². The molecule has 0 spiro atoms. The van der Waals surface area contributed by atoms with E-state index in [2.05, 4.69) is 15.9 Å². The van der Waals surface area contributed by atoms with Crippen LogP contribution in [0.25, 0.3) is 0 Å². The van der Waals surface area contributed by atoms with Crippen molar-refractivity contribution in [3.05, 3.63) is 52.5 Å². The van der Waals surface area contributed by atoms with Crippen LogP contribution in [-0.2, 0) is 0 Å². The Morgan fingerprint density at radius 1 is 1.25 bits per heavy atom. The molecule has 0 saturated carbocycles. The molecule has 0 fully saturated rings. The first-order valence-corrected chi connectivity index (χ1v) is 6.89. The predicted molar refractivity (Wildman–Crippen MR) is 82.0 cm³/mol. The van der Waals surface area contributed by atoms with Crippen LogP contribution in [0.15, 0.2) is 46.9 Å². The van der Waals surface area contributed by atoms with Gasteiger partial charge in [0.2, 0.25) is 0 Å². The van der Waals surface area contributed by atoms with Crippen LogP contribution in [0, 0.1) is 0 Å². The summed E-state index contributed by atoms with van der Waals surface area (Å²) < 4.78 is 11.5. The Labute approximate surface area is 126 Å². The maximum absolute atomic E-state index is 10.1. The lowest BCUT2D eigenvalue weighted by atomic mass is 10.1. The van der Waals surface area contributed by atoms with E-state index in [0.717, 1.165) is 15.8 Å². The van der Waals surface area contributed by atoms with Crippen molar-refractivity contribution in [3.8, 4) is 11.5 Å². The number of nitrogens with two attached hydrogens (primary N) is 1. The lowest BCUT2D eigenvalue weighted by Gasteiger charge is -2.14. The molecule has 1 atom stereocenters. The molecule has 0 bridgehead atoms. The second kappa shape index (κ2) is 6.63. The van der Waals surface area contributed by atoms with Gasteiger partial charge in [-0.1, -0.05) is 12.1 Å². The molecular weight excluding hydrogens is 322 g/mol. The number of methoxy groups -OCH3 is 1. The molecule has 2 aromatic rings. The SMILES string of the molecule is COc1ccc(OCC(O)c2cccc(N)c2)c(Br)c1. The summed E-state index contributed by atoms with van der Waals surface area (Å²) in [6.45, 7) is 0.147. The normalized spacial score (nSPS) is 11.9. The van der Waals surface area contributed by atoms with Gasteiger partial charge in [0.1, 0.15) is 24.2 Å². The minimum Gasteiger partial charge on any atom is -0.497 e. The van der Waals surface area contributed by atoms with Crippen LogP contribution in [0.1, 0.15) is 11.7 Å². The Morgan fingerprint density at radius 3 is 2.70 bits per heavy atom. The molecule has 5 heteroatoms. The van der Waals surface area contributed by atoms with Crippen LogP contribution in [0.4, 0.5) is 5.69 Å². The number of halogens is 1. The molecule has 0 heterocycles. The van der Waals surface area contributed by atoms with Crippen molar-refractivity contribution in [1.29, 1.82) is 0 Å². The van der Waals surface area contributed by atoms with Crippen LogP contribution < -0.4 is 15.2 Å². The highest BCUT2D eigenvalue weighted by molar-refractivity contribution is 9.10. The average Bonchev–Trinajstić information content (AvgIpc) is 2.45. The highest BCUT2D eigenvalue weighted by atomic mass is 79.9. The summed E-state index contributed by atoms with van der Waals surface area (Å²) in [6, 6.07) is 12.5. The minimum absolute atomic E-state index is 0.147. The molecule has 0 radical (unpaired) electrons. The fourth-order valence-corrected chi connectivity index (χ4v) is 2.23. The lowest BCUT2D eigenvalue weighted by Crippen LogP contribution is -2.10. The minimum atomic E-state index is -0.729. The first-order valence-electron chi connectivity index (χ1n) is 6.10. The monoisotopic (exact) mass is 337 g/mol. The Balaban J connectivity index is 2.01. The van der Waals surface area contributed by atoms with Gasteiger partial charge in [-0.25, -0.2) is 0 Å². The molecule has 2 rings (SSSR count). The fourth-order valence-electron chi connectivity index (χ4n) is 1.76. The second-order valence-electron chi connectivity index (χ2n) is 4.29. The van der Waals surface area contributed by atoms with E-state index in [0.29, 0.717) is 11.4 Å². The maximum Gasteiger partial charge on any atom is 0.133 e. The molecule has 0 saturated heterocycles. The van der Waals surface area contributed by atoms with Gasteiger partial charge in [-0.05, 0) is 51.8 Å². The van der Waals surface area contributed by atoms with Gasteiger partial charge in [-0.2, -0.15) is 0 Å². The third-order valence-electron chi connectivity index (χ3n) is 2.83. The van der Waals surface area contributed by atoms with Crippen LogP contribution in [0.2, 0.25) is 0 Å². The number of aliphatic hydroxyl groups excluding tert-OH is 1. The molecule has 0 aromatic heterocycles. The van der Waals surface area contributed by atoms with Gasteiger partial charge < -0.3 is 20.3 Å². The van der Waals surface area contributed by atoms with Gasteiger partial charge >= 0.3 is 0 Å². The summed E-state index contributed by atoms with van der Waals surface area (Å²) in [5, 5.41) is 10.1. The first-order chi connectivity index (χ1) is 9.60. The number of rotatable bonds is 5. The number of ether oxygens (including phenoxy) is 2. The standard InChI is InChI=1S/C15H16BrNO3/c1-19-12-5-6-15(13(16)8-12)20-9-14(18)10-3-2-4-11(17)7-10/h2-8,14,18H,9,17H2,1H3. The number of hydrogen-bond acceptors (Lipinski definition) is 4. The highest BCUT2D eigenvalue weighted by Gasteiger charge is 2.10. The van der Waals surface area contributed by atoms with Crippen molar-refractivity contribution in [2.75, 3.05) is 19.5 Å². The number of benzene rings is 2. The Hall–Kier alpha value is -1.72. The zero-order valence-electron chi connectivity index (χ0n) is 11.0. The third-order valence-corrected chi connectivity index (χ3v) is 3.45. The van der Waals surface area contributed by atoms with Gasteiger partial charge in [-0.15, -0.1) is 0 Å². The first kappa shape index (κ1) is 14.7. The zero-order valence-corrected chi connectivity index (χ0v) is 12.6. The van der Waals surface area contributed by atoms with Crippen LogP contribution in [0.3, 0.4) is 0 Å². The molecule has 0 aliphatic heterocycles. The van der Waals surface area contributed by atoms with E-state index >= 15 is 0 Å². The van der Waals surface area contributed by atoms with Gasteiger partial charge in [0.05, 0.1) is 11.6 Å². The fraction of sp³-hybridized carbons (Fsp3) is 0.200. The zero-order chi connectivity index (χ0) is 14.5. The quantitative estimate of drug-likeness (QED) is 0.822. The van der Waals surface area contributed by atoms with E-state index in [1.165, 1.54) is 0 Å². The highest BCUT2D eigenvalue weighted by Crippen LogP contribution is 2.30.